The number of aliphatic hydroxyl groups is 1. The van der Waals surface area contributed by atoms with Crippen LogP contribution < -0.4 is 9.64 Å². The summed E-state index contributed by atoms with van der Waals surface area (Å²) in [5, 5.41) is 10.3. The molecule has 4 nitrogen and oxygen atoms in total. The number of anilines is 1. The first kappa shape index (κ1) is 25.8. The van der Waals surface area contributed by atoms with Gasteiger partial charge in [-0.3, -0.25) is 0 Å². The average molecular weight is 480 g/mol. The Morgan fingerprint density at radius 2 is 1.65 bits per heavy atom. The first-order valence-corrected chi connectivity index (χ1v) is 12.2. The van der Waals surface area contributed by atoms with E-state index in [0.29, 0.717) is 28.4 Å². The molecule has 0 amide bonds. The zero-order valence-corrected chi connectivity index (χ0v) is 21.3. The number of nitrogens with zero attached hydrogens (tertiary/aromatic N) is 1. The largest absolute Gasteiger partial charge is 0.423 e. The number of halogens is 1. The number of benzene rings is 3. The minimum atomic E-state index is -0.441. The second-order valence-corrected chi connectivity index (χ2v) is 9.51. The summed E-state index contributed by atoms with van der Waals surface area (Å²) in [6, 6.07) is 21.4. The molecule has 1 atom stereocenters. The molecule has 0 heterocycles. The van der Waals surface area contributed by atoms with E-state index in [-0.39, 0.29) is 12.5 Å². The van der Waals surface area contributed by atoms with Crippen molar-refractivity contribution >= 4 is 23.3 Å². The Balaban J connectivity index is 2.02. The molecule has 3 aromatic carbocycles. The smallest absolute Gasteiger partial charge is 0.343 e. The van der Waals surface area contributed by atoms with Crippen LogP contribution >= 0.6 is 11.6 Å². The van der Waals surface area contributed by atoms with Crippen molar-refractivity contribution in [3.05, 3.63) is 94.0 Å². The molecular formula is C29H34ClNO3. The fraction of sp³-hybridized carbons (Fsp3) is 0.345. The number of hydrogen-bond acceptors (Lipinski definition) is 4. The van der Waals surface area contributed by atoms with Gasteiger partial charge in [-0.1, -0.05) is 36.7 Å². The van der Waals surface area contributed by atoms with Gasteiger partial charge >= 0.3 is 5.97 Å². The first-order chi connectivity index (χ1) is 16.2. The van der Waals surface area contributed by atoms with Crippen LogP contribution in [0.5, 0.6) is 5.75 Å². The van der Waals surface area contributed by atoms with Crippen molar-refractivity contribution in [3.63, 3.8) is 0 Å². The van der Waals surface area contributed by atoms with E-state index in [4.69, 9.17) is 16.3 Å². The van der Waals surface area contributed by atoms with E-state index in [1.54, 1.807) is 36.4 Å². The molecule has 1 N–H and O–H groups in total. The molecule has 5 heteroatoms. The second-order valence-electron chi connectivity index (χ2n) is 9.08. The van der Waals surface area contributed by atoms with Gasteiger partial charge in [0.1, 0.15) is 5.75 Å². The van der Waals surface area contributed by atoms with E-state index in [0.717, 1.165) is 23.1 Å². The van der Waals surface area contributed by atoms with Gasteiger partial charge in [0.25, 0.3) is 0 Å². The summed E-state index contributed by atoms with van der Waals surface area (Å²) in [5.74, 6) is 0.0590. The summed E-state index contributed by atoms with van der Waals surface area (Å²) in [6.07, 6.45) is 0.813. The zero-order chi connectivity index (χ0) is 24.8. The molecule has 34 heavy (non-hydrogen) atoms. The third-order valence-electron chi connectivity index (χ3n) is 6.01. The van der Waals surface area contributed by atoms with Crippen molar-refractivity contribution in [1.29, 1.82) is 0 Å². The van der Waals surface area contributed by atoms with Crippen LogP contribution in [0.2, 0.25) is 5.02 Å². The van der Waals surface area contributed by atoms with Gasteiger partial charge in [0, 0.05) is 34.3 Å². The number of carbonyl (C=O) groups excluding carboxylic acids is 1. The molecule has 1 unspecified atom stereocenters. The molecule has 0 saturated heterocycles. The quantitative estimate of drug-likeness (QED) is 0.260. The van der Waals surface area contributed by atoms with E-state index in [1.165, 1.54) is 5.69 Å². The van der Waals surface area contributed by atoms with Crippen LogP contribution in [0.15, 0.2) is 66.7 Å². The van der Waals surface area contributed by atoms with Crippen molar-refractivity contribution in [2.45, 2.75) is 65.6 Å². The summed E-state index contributed by atoms with van der Waals surface area (Å²) >= 11 is 5.96. The highest BCUT2D eigenvalue weighted by atomic mass is 35.5. The van der Waals surface area contributed by atoms with Crippen LogP contribution in [-0.4, -0.2) is 23.2 Å². The number of aliphatic hydroxyl groups excluding tert-OH is 1. The van der Waals surface area contributed by atoms with Crippen LogP contribution in [-0.2, 0) is 6.61 Å². The maximum Gasteiger partial charge on any atom is 0.343 e. The monoisotopic (exact) mass is 479 g/mol. The summed E-state index contributed by atoms with van der Waals surface area (Å²) in [6.45, 7) is 10.8. The molecule has 0 aliphatic carbocycles. The highest BCUT2D eigenvalue weighted by molar-refractivity contribution is 6.30. The predicted octanol–water partition coefficient (Wildman–Crippen LogP) is 7.22. The number of ether oxygens (including phenoxy) is 1. The minimum Gasteiger partial charge on any atom is -0.423 e. The molecular weight excluding hydrogens is 446 g/mol. The van der Waals surface area contributed by atoms with Gasteiger partial charge in [-0.05, 0) is 93.8 Å². The topological polar surface area (TPSA) is 49.8 Å². The third kappa shape index (κ3) is 5.99. The van der Waals surface area contributed by atoms with Gasteiger partial charge in [-0.2, -0.15) is 0 Å². The van der Waals surface area contributed by atoms with E-state index in [2.05, 4.69) is 63.8 Å². The maximum atomic E-state index is 12.9. The van der Waals surface area contributed by atoms with Crippen LogP contribution in [0.1, 0.15) is 74.0 Å². The van der Waals surface area contributed by atoms with E-state index in [9.17, 15) is 9.90 Å². The van der Waals surface area contributed by atoms with Crippen molar-refractivity contribution < 1.29 is 14.6 Å². The number of rotatable bonds is 9. The van der Waals surface area contributed by atoms with Crippen molar-refractivity contribution in [2.75, 3.05) is 4.90 Å². The molecule has 3 aromatic rings. The molecule has 0 spiro atoms. The lowest BCUT2D eigenvalue weighted by atomic mass is 9.87. The fourth-order valence-corrected chi connectivity index (χ4v) is 4.66. The Kier molecular flexibility index (Phi) is 8.76. The molecule has 3 rings (SSSR count). The van der Waals surface area contributed by atoms with E-state index >= 15 is 0 Å². The number of esters is 1. The number of carbonyl (C=O) groups is 1. The normalized spacial score (nSPS) is 12.1. The Hall–Kier alpha value is -2.82. The molecule has 0 radical (unpaired) electrons. The lowest BCUT2D eigenvalue weighted by Gasteiger charge is -2.34. The first-order valence-electron chi connectivity index (χ1n) is 11.8. The van der Waals surface area contributed by atoms with Crippen molar-refractivity contribution in [1.82, 2.24) is 0 Å². The van der Waals surface area contributed by atoms with Gasteiger partial charge in [0.05, 0.1) is 12.2 Å². The Morgan fingerprint density at radius 1 is 0.971 bits per heavy atom. The Bertz CT molecular complexity index is 1100. The average Bonchev–Trinajstić information content (AvgIpc) is 2.80. The predicted molar refractivity (Wildman–Crippen MR) is 140 cm³/mol. The van der Waals surface area contributed by atoms with Crippen LogP contribution in [0, 0.1) is 0 Å². The van der Waals surface area contributed by atoms with Crippen LogP contribution in [0.25, 0.3) is 0 Å². The van der Waals surface area contributed by atoms with E-state index < -0.39 is 5.97 Å². The molecule has 0 fully saturated rings. The van der Waals surface area contributed by atoms with Gasteiger partial charge in [0.15, 0.2) is 0 Å². The molecule has 0 aromatic heterocycles. The second kappa shape index (κ2) is 11.5. The molecule has 0 aliphatic rings. The maximum absolute atomic E-state index is 12.9. The van der Waals surface area contributed by atoms with Crippen LogP contribution in [0.3, 0.4) is 0 Å². The lowest BCUT2D eigenvalue weighted by molar-refractivity contribution is 0.0732. The highest BCUT2D eigenvalue weighted by Crippen LogP contribution is 2.37. The summed E-state index contributed by atoms with van der Waals surface area (Å²) in [5.41, 5.74) is 4.40. The van der Waals surface area contributed by atoms with Crippen LogP contribution in [0.4, 0.5) is 5.69 Å². The number of hydrogen-bond donors (Lipinski definition) is 1. The summed E-state index contributed by atoms with van der Waals surface area (Å²) in [4.78, 5) is 15.2. The Morgan fingerprint density at radius 3 is 2.24 bits per heavy atom. The summed E-state index contributed by atoms with van der Waals surface area (Å²) < 4.78 is 5.86. The van der Waals surface area contributed by atoms with Crippen molar-refractivity contribution in [3.8, 4) is 5.75 Å². The van der Waals surface area contributed by atoms with Crippen molar-refractivity contribution in [2.24, 2.45) is 0 Å². The SMILES string of the molecule is CCC(c1cccc(N(C(C)C)C(C)C)c1)c1cc(CO)ccc1OC(=O)c1ccc(Cl)cc1. The van der Waals surface area contributed by atoms with Gasteiger partial charge in [-0.15, -0.1) is 0 Å². The van der Waals surface area contributed by atoms with Gasteiger partial charge < -0.3 is 14.7 Å². The summed E-state index contributed by atoms with van der Waals surface area (Å²) in [7, 11) is 0. The molecule has 0 bridgehead atoms. The molecule has 0 saturated carbocycles. The third-order valence-corrected chi connectivity index (χ3v) is 6.26. The highest BCUT2D eigenvalue weighted by Gasteiger charge is 2.22. The van der Waals surface area contributed by atoms with Gasteiger partial charge in [-0.25, -0.2) is 4.79 Å². The lowest BCUT2D eigenvalue weighted by Crippen LogP contribution is -2.37. The zero-order valence-electron chi connectivity index (χ0n) is 20.6. The minimum absolute atomic E-state index is 0.000595. The fourth-order valence-electron chi connectivity index (χ4n) is 4.54. The van der Waals surface area contributed by atoms with E-state index in [1.807, 2.05) is 6.07 Å². The van der Waals surface area contributed by atoms with Gasteiger partial charge in [0.2, 0.25) is 0 Å². The Labute approximate surface area is 208 Å². The molecule has 0 aliphatic heterocycles. The standard InChI is InChI=1S/C29H34ClNO3/c1-6-26(23-8-7-9-25(17-23)31(19(2)3)20(4)5)27-16-21(18-32)10-15-28(27)34-29(33)22-11-13-24(30)14-12-22/h7-17,19-20,26,32H,6,18H2,1-5H3. The molecule has 180 valence electrons.